The molecule has 17 heavy (non-hydrogen) atoms. The van der Waals surface area contributed by atoms with Crippen molar-refractivity contribution in [3.8, 4) is 0 Å². The Morgan fingerprint density at radius 3 is 3.00 bits per heavy atom. The molecule has 1 unspecified atom stereocenters. The predicted molar refractivity (Wildman–Crippen MR) is 73.8 cm³/mol. The number of unbranched alkanes of at least 4 members (excludes halogenated alkanes) is 1. The van der Waals surface area contributed by atoms with Crippen molar-refractivity contribution in [2.75, 3.05) is 0 Å². The van der Waals surface area contributed by atoms with Crippen molar-refractivity contribution in [1.29, 1.82) is 0 Å². The summed E-state index contributed by atoms with van der Waals surface area (Å²) in [6, 6.07) is 8.95. The highest BCUT2D eigenvalue weighted by Gasteiger charge is 2.26. The molecule has 3 rings (SSSR count). The van der Waals surface area contributed by atoms with Crippen LogP contribution in [0, 0.1) is 5.92 Å². The van der Waals surface area contributed by atoms with E-state index < -0.39 is 0 Å². The molecule has 0 saturated carbocycles. The fraction of sp³-hybridized carbons (Fsp3) is 0.412. The molecule has 0 fully saturated rings. The monoisotopic (exact) mass is 224 g/mol. The van der Waals surface area contributed by atoms with Crippen LogP contribution in [0.25, 0.3) is 5.57 Å². The Hall–Kier alpha value is -1.30. The first-order chi connectivity index (χ1) is 8.40. The molecule has 2 aliphatic carbocycles. The van der Waals surface area contributed by atoms with Crippen molar-refractivity contribution in [2.45, 2.75) is 39.0 Å². The van der Waals surface area contributed by atoms with Crippen LogP contribution in [0.1, 0.15) is 43.7 Å². The summed E-state index contributed by atoms with van der Waals surface area (Å²) in [7, 11) is 0. The van der Waals surface area contributed by atoms with E-state index in [1.165, 1.54) is 43.2 Å². The smallest absolute Gasteiger partial charge is 0.0123 e. The summed E-state index contributed by atoms with van der Waals surface area (Å²) in [5.74, 6) is 0.801. The molecule has 0 saturated heterocycles. The van der Waals surface area contributed by atoms with E-state index in [1.807, 2.05) is 0 Å². The lowest BCUT2D eigenvalue weighted by Gasteiger charge is -2.27. The zero-order chi connectivity index (χ0) is 11.7. The van der Waals surface area contributed by atoms with E-state index >= 15 is 0 Å². The third kappa shape index (κ3) is 1.86. The van der Waals surface area contributed by atoms with Gasteiger partial charge < -0.3 is 0 Å². The van der Waals surface area contributed by atoms with E-state index in [-0.39, 0.29) is 0 Å². The molecule has 0 radical (unpaired) electrons. The van der Waals surface area contributed by atoms with E-state index in [4.69, 9.17) is 0 Å². The lowest BCUT2D eigenvalue weighted by Crippen LogP contribution is -2.14. The van der Waals surface area contributed by atoms with Crippen LogP contribution in [0.15, 0.2) is 42.0 Å². The summed E-state index contributed by atoms with van der Waals surface area (Å²) in [5.41, 5.74) is 6.29. The van der Waals surface area contributed by atoms with Crippen molar-refractivity contribution in [3.63, 3.8) is 0 Å². The summed E-state index contributed by atoms with van der Waals surface area (Å²) in [6.45, 7) is 2.29. The normalized spacial score (nSPS) is 21.6. The first-order valence-electron chi connectivity index (χ1n) is 6.88. The second-order valence-corrected chi connectivity index (χ2v) is 5.25. The van der Waals surface area contributed by atoms with Gasteiger partial charge in [0.1, 0.15) is 0 Å². The number of hydrogen-bond donors (Lipinski definition) is 0. The van der Waals surface area contributed by atoms with Gasteiger partial charge in [0.15, 0.2) is 0 Å². The molecular weight excluding hydrogens is 204 g/mol. The lowest BCUT2D eigenvalue weighted by atomic mass is 9.77. The van der Waals surface area contributed by atoms with Crippen LogP contribution in [0.5, 0.6) is 0 Å². The Kier molecular flexibility index (Phi) is 2.88. The van der Waals surface area contributed by atoms with Gasteiger partial charge in [0.05, 0.1) is 0 Å². The van der Waals surface area contributed by atoms with Crippen molar-refractivity contribution in [3.05, 3.63) is 53.1 Å². The number of hydrogen-bond acceptors (Lipinski definition) is 0. The highest BCUT2D eigenvalue weighted by molar-refractivity contribution is 5.82. The lowest BCUT2D eigenvalue weighted by molar-refractivity contribution is 0.517. The largest absolute Gasteiger partial charge is 0.0798 e. The molecule has 0 aliphatic heterocycles. The molecule has 0 N–H and O–H groups in total. The maximum atomic E-state index is 2.34. The van der Waals surface area contributed by atoms with Crippen LogP contribution < -0.4 is 0 Å². The fourth-order valence-corrected chi connectivity index (χ4v) is 3.25. The van der Waals surface area contributed by atoms with Gasteiger partial charge >= 0.3 is 0 Å². The Morgan fingerprint density at radius 2 is 2.12 bits per heavy atom. The maximum Gasteiger partial charge on any atom is -0.0123 e. The molecule has 88 valence electrons. The predicted octanol–water partition coefficient (Wildman–Crippen LogP) is 4.76. The van der Waals surface area contributed by atoms with Gasteiger partial charge in [0.25, 0.3) is 0 Å². The third-order valence-corrected chi connectivity index (χ3v) is 4.14. The van der Waals surface area contributed by atoms with Crippen LogP contribution in [0.2, 0.25) is 0 Å². The zero-order valence-corrected chi connectivity index (χ0v) is 10.6. The summed E-state index contributed by atoms with van der Waals surface area (Å²) in [5, 5.41) is 0. The molecule has 0 amide bonds. The Balaban J connectivity index is 1.97. The first-order valence-corrected chi connectivity index (χ1v) is 6.88. The topological polar surface area (TPSA) is 0 Å². The van der Waals surface area contributed by atoms with Gasteiger partial charge in [-0.05, 0) is 41.9 Å². The summed E-state index contributed by atoms with van der Waals surface area (Å²) in [6.07, 6.45) is 11.2. The summed E-state index contributed by atoms with van der Waals surface area (Å²) < 4.78 is 0. The van der Waals surface area contributed by atoms with E-state index in [9.17, 15) is 0 Å². The minimum absolute atomic E-state index is 0.801. The number of allylic oxidation sites excluding steroid dienone is 4. The molecule has 0 heteroatoms. The van der Waals surface area contributed by atoms with E-state index in [2.05, 4.69) is 43.3 Å². The molecular formula is C17H20. The van der Waals surface area contributed by atoms with Crippen molar-refractivity contribution >= 4 is 5.57 Å². The Bertz CT molecular complexity index is 477. The highest BCUT2D eigenvalue weighted by atomic mass is 14.3. The zero-order valence-electron chi connectivity index (χ0n) is 10.6. The standard InChI is InChI=1S/C17H20/c1-2-3-7-13-12-14-8-4-5-9-15(14)17-11-6-10-16(13)17/h4-6,8-9,11,13H,2-3,7,10,12H2,1H3. The molecule has 0 aromatic heterocycles. The van der Waals surface area contributed by atoms with Gasteiger partial charge in [0, 0.05) is 0 Å². The summed E-state index contributed by atoms with van der Waals surface area (Å²) in [4.78, 5) is 0. The molecule has 0 spiro atoms. The van der Waals surface area contributed by atoms with Gasteiger partial charge in [-0.1, -0.05) is 61.8 Å². The SMILES string of the molecule is CCCCC1Cc2ccccc2C2=C1CC=C2. The van der Waals surface area contributed by atoms with Crippen molar-refractivity contribution in [2.24, 2.45) is 5.92 Å². The molecule has 0 heterocycles. The van der Waals surface area contributed by atoms with Gasteiger partial charge in [-0.2, -0.15) is 0 Å². The first kappa shape index (κ1) is 10.8. The van der Waals surface area contributed by atoms with Crippen molar-refractivity contribution in [1.82, 2.24) is 0 Å². The second kappa shape index (κ2) is 4.52. The molecule has 1 atom stereocenters. The van der Waals surface area contributed by atoms with E-state index in [1.54, 1.807) is 11.1 Å². The van der Waals surface area contributed by atoms with Gasteiger partial charge in [-0.3, -0.25) is 0 Å². The van der Waals surface area contributed by atoms with Gasteiger partial charge in [0.2, 0.25) is 0 Å². The average molecular weight is 224 g/mol. The fourth-order valence-electron chi connectivity index (χ4n) is 3.25. The van der Waals surface area contributed by atoms with Crippen LogP contribution in [-0.4, -0.2) is 0 Å². The quantitative estimate of drug-likeness (QED) is 0.694. The number of fused-ring (bicyclic) bond motifs is 2. The van der Waals surface area contributed by atoms with E-state index in [0.29, 0.717) is 0 Å². The van der Waals surface area contributed by atoms with E-state index in [0.717, 1.165) is 5.92 Å². The minimum atomic E-state index is 0.801. The molecule has 1 aromatic rings. The number of benzene rings is 1. The van der Waals surface area contributed by atoms with Gasteiger partial charge in [-0.15, -0.1) is 0 Å². The van der Waals surface area contributed by atoms with Crippen LogP contribution >= 0.6 is 0 Å². The van der Waals surface area contributed by atoms with Gasteiger partial charge in [-0.25, -0.2) is 0 Å². The highest BCUT2D eigenvalue weighted by Crippen LogP contribution is 2.42. The number of rotatable bonds is 3. The van der Waals surface area contributed by atoms with Crippen LogP contribution in [0.3, 0.4) is 0 Å². The Labute approximate surface area is 104 Å². The van der Waals surface area contributed by atoms with Crippen LogP contribution in [-0.2, 0) is 6.42 Å². The third-order valence-electron chi connectivity index (χ3n) is 4.14. The summed E-state index contributed by atoms with van der Waals surface area (Å²) >= 11 is 0. The molecule has 0 nitrogen and oxygen atoms in total. The molecule has 2 aliphatic rings. The minimum Gasteiger partial charge on any atom is -0.0798 e. The average Bonchev–Trinajstić information content (AvgIpc) is 2.85. The molecule has 1 aromatic carbocycles. The second-order valence-electron chi connectivity index (χ2n) is 5.25. The van der Waals surface area contributed by atoms with Crippen molar-refractivity contribution < 1.29 is 0 Å². The van der Waals surface area contributed by atoms with Crippen LogP contribution in [0.4, 0.5) is 0 Å². The molecule has 0 bridgehead atoms. The Morgan fingerprint density at radius 1 is 1.24 bits per heavy atom. The maximum absolute atomic E-state index is 2.34.